The van der Waals surface area contributed by atoms with Crippen molar-refractivity contribution >= 4 is 17.6 Å². The summed E-state index contributed by atoms with van der Waals surface area (Å²) in [5, 5.41) is 0. The monoisotopic (exact) mass is 237 g/mol. The molecule has 0 aliphatic rings. The van der Waals surface area contributed by atoms with Gasteiger partial charge in [-0.3, -0.25) is 9.40 Å². The Balaban J connectivity index is 2.11. The Morgan fingerprint density at radius 1 is 1.31 bits per heavy atom. The van der Waals surface area contributed by atoms with Gasteiger partial charge in [0.25, 0.3) is 0 Å². The van der Waals surface area contributed by atoms with Crippen LogP contribution < -0.4 is 4.42 Å². The number of halogens is 2. The van der Waals surface area contributed by atoms with Gasteiger partial charge in [-0.2, -0.15) is 0 Å². The number of benzene rings is 1. The van der Waals surface area contributed by atoms with E-state index in [1.54, 1.807) is 30.7 Å². The van der Waals surface area contributed by atoms with Gasteiger partial charge in [-0.25, -0.2) is 9.37 Å². The van der Waals surface area contributed by atoms with Gasteiger partial charge in [-0.15, -0.1) is 0 Å². The van der Waals surface area contributed by atoms with Gasteiger partial charge < -0.3 is 0 Å². The first kappa shape index (κ1) is 10.8. The first-order valence-corrected chi connectivity index (χ1v) is 5.03. The lowest BCUT2D eigenvalue weighted by Gasteiger charge is -2.13. The predicted molar refractivity (Wildman–Crippen MR) is 60.5 cm³/mol. The molecule has 0 spiro atoms. The first-order chi connectivity index (χ1) is 7.75. The third-order valence-corrected chi connectivity index (χ3v) is 2.30. The molecule has 0 amide bonds. The second-order valence-corrected chi connectivity index (χ2v) is 3.62. The first-order valence-electron chi connectivity index (χ1n) is 4.69. The minimum atomic E-state index is -0.276. The van der Waals surface area contributed by atoms with Crippen molar-refractivity contribution in [3.8, 4) is 0 Å². The largest absolute Gasteiger partial charge is 0.263 e. The van der Waals surface area contributed by atoms with Gasteiger partial charge >= 0.3 is 0 Å². The zero-order valence-electron chi connectivity index (χ0n) is 8.35. The molecule has 0 aliphatic heterocycles. The topological polar surface area (TPSA) is 29.0 Å². The summed E-state index contributed by atoms with van der Waals surface area (Å²) in [4.78, 5) is 7.94. The van der Waals surface area contributed by atoms with E-state index < -0.39 is 0 Å². The lowest BCUT2D eigenvalue weighted by molar-refractivity contribution is 0.625. The van der Waals surface area contributed by atoms with Gasteiger partial charge in [0.15, 0.2) is 5.82 Å². The highest BCUT2D eigenvalue weighted by Crippen LogP contribution is 2.15. The Hall–Kier alpha value is -1.68. The Morgan fingerprint density at radius 3 is 2.88 bits per heavy atom. The average Bonchev–Trinajstić information content (AvgIpc) is 2.30. The number of hydrogen-bond acceptors (Lipinski definition) is 3. The van der Waals surface area contributed by atoms with Crippen molar-refractivity contribution in [2.45, 2.75) is 6.54 Å². The van der Waals surface area contributed by atoms with Crippen LogP contribution in [0.4, 0.5) is 10.2 Å². The van der Waals surface area contributed by atoms with E-state index in [0.29, 0.717) is 12.4 Å². The molecule has 2 aromatic rings. The third kappa shape index (κ3) is 2.67. The van der Waals surface area contributed by atoms with Gasteiger partial charge in [-0.1, -0.05) is 12.1 Å². The fourth-order valence-electron chi connectivity index (χ4n) is 1.29. The summed E-state index contributed by atoms with van der Waals surface area (Å²) in [7, 11) is 0. The maximum absolute atomic E-state index is 12.9. The number of rotatable bonds is 3. The van der Waals surface area contributed by atoms with Gasteiger partial charge in [0.05, 0.1) is 12.7 Å². The third-order valence-electron chi connectivity index (χ3n) is 2.01. The molecule has 0 aliphatic carbocycles. The molecule has 0 radical (unpaired) electrons. The van der Waals surface area contributed by atoms with Crippen LogP contribution in [-0.4, -0.2) is 9.97 Å². The standard InChI is InChI=1S/C11H9ClFN3/c12-16(11-7-14-4-5-15-11)8-9-2-1-3-10(13)6-9/h1-7H,8H2. The zero-order valence-corrected chi connectivity index (χ0v) is 9.10. The highest BCUT2D eigenvalue weighted by molar-refractivity contribution is 6.25. The molecule has 82 valence electrons. The van der Waals surface area contributed by atoms with Crippen molar-refractivity contribution in [3.63, 3.8) is 0 Å². The molecule has 0 atom stereocenters. The summed E-state index contributed by atoms with van der Waals surface area (Å²) in [6.07, 6.45) is 4.67. The number of anilines is 1. The molecule has 2 rings (SSSR count). The van der Waals surface area contributed by atoms with Crippen molar-refractivity contribution in [2.75, 3.05) is 4.42 Å². The second kappa shape index (κ2) is 4.90. The smallest absolute Gasteiger partial charge is 0.161 e. The van der Waals surface area contributed by atoms with Crippen LogP contribution in [0.5, 0.6) is 0 Å². The lowest BCUT2D eigenvalue weighted by atomic mass is 10.2. The molecule has 1 heterocycles. The molecule has 0 N–H and O–H groups in total. The number of aromatic nitrogens is 2. The van der Waals surface area contributed by atoms with Crippen LogP contribution in [0.2, 0.25) is 0 Å². The molecule has 5 heteroatoms. The molecule has 3 nitrogen and oxygen atoms in total. The van der Waals surface area contributed by atoms with Gasteiger partial charge in [-0.05, 0) is 17.7 Å². The molecule has 1 aromatic heterocycles. The van der Waals surface area contributed by atoms with Crippen LogP contribution in [0.1, 0.15) is 5.56 Å². The van der Waals surface area contributed by atoms with E-state index in [9.17, 15) is 4.39 Å². The molecule has 0 saturated heterocycles. The van der Waals surface area contributed by atoms with E-state index in [1.165, 1.54) is 16.6 Å². The Labute approximate surface area is 97.6 Å². The SMILES string of the molecule is Fc1cccc(CN(Cl)c2cnccn2)c1. The van der Waals surface area contributed by atoms with E-state index in [4.69, 9.17) is 11.8 Å². The van der Waals surface area contributed by atoms with Gasteiger partial charge in [0.1, 0.15) is 5.82 Å². The molecule has 16 heavy (non-hydrogen) atoms. The van der Waals surface area contributed by atoms with Crippen molar-refractivity contribution in [3.05, 3.63) is 54.2 Å². The molecule has 0 saturated carbocycles. The van der Waals surface area contributed by atoms with Crippen LogP contribution in [0.3, 0.4) is 0 Å². The van der Waals surface area contributed by atoms with E-state index in [2.05, 4.69) is 9.97 Å². The minimum Gasteiger partial charge on any atom is -0.263 e. The molecular formula is C11H9ClFN3. The highest BCUT2D eigenvalue weighted by Gasteiger charge is 2.05. The molecule has 0 fully saturated rings. The van der Waals surface area contributed by atoms with E-state index in [-0.39, 0.29) is 5.82 Å². The summed E-state index contributed by atoms with van der Waals surface area (Å²) < 4.78 is 14.3. The molecule has 0 unspecified atom stereocenters. The highest BCUT2D eigenvalue weighted by atomic mass is 35.5. The van der Waals surface area contributed by atoms with Crippen molar-refractivity contribution in [2.24, 2.45) is 0 Å². The van der Waals surface area contributed by atoms with E-state index >= 15 is 0 Å². The Morgan fingerprint density at radius 2 is 2.19 bits per heavy atom. The summed E-state index contributed by atoms with van der Waals surface area (Å²) in [6, 6.07) is 6.27. The van der Waals surface area contributed by atoms with Crippen LogP contribution in [0, 0.1) is 5.82 Å². The minimum absolute atomic E-state index is 0.276. The second-order valence-electron chi connectivity index (χ2n) is 3.21. The maximum Gasteiger partial charge on any atom is 0.161 e. The number of nitrogens with zero attached hydrogens (tertiary/aromatic N) is 3. The summed E-state index contributed by atoms with van der Waals surface area (Å²) in [5.74, 6) is 0.259. The average molecular weight is 238 g/mol. The quantitative estimate of drug-likeness (QED) is 0.769. The normalized spacial score (nSPS) is 10.1. The summed E-state index contributed by atoms with van der Waals surface area (Å²) in [6.45, 7) is 0.373. The van der Waals surface area contributed by atoms with Crippen LogP contribution >= 0.6 is 11.8 Å². The summed E-state index contributed by atoms with van der Waals surface area (Å²) in [5.41, 5.74) is 0.778. The molecular weight excluding hydrogens is 229 g/mol. The number of hydrogen-bond donors (Lipinski definition) is 0. The fourth-order valence-corrected chi connectivity index (χ4v) is 1.52. The Kier molecular flexibility index (Phi) is 3.31. The van der Waals surface area contributed by atoms with Crippen molar-refractivity contribution in [1.29, 1.82) is 0 Å². The molecule has 1 aromatic carbocycles. The van der Waals surface area contributed by atoms with E-state index in [1.807, 2.05) is 0 Å². The van der Waals surface area contributed by atoms with Crippen LogP contribution in [0.15, 0.2) is 42.9 Å². The van der Waals surface area contributed by atoms with Crippen LogP contribution in [0.25, 0.3) is 0 Å². The summed E-state index contributed by atoms with van der Waals surface area (Å²) >= 11 is 6.00. The maximum atomic E-state index is 12.9. The lowest BCUT2D eigenvalue weighted by Crippen LogP contribution is -2.11. The zero-order chi connectivity index (χ0) is 11.4. The van der Waals surface area contributed by atoms with Gasteiger partial charge in [0.2, 0.25) is 0 Å². The Bertz CT molecular complexity index is 464. The van der Waals surface area contributed by atoms with E-state index in [0.717, 1.165) is 5.56 Å². The van der Waals surface area contributed by atoms with Crippen molar-refractivity contribution in [1.82, 2.24) is 9.97 Å². The fraction of sp³-hybridized carbons (Fsp3) is 0.0909. The predicted octanol–water partition coefficient (Wildman–Crippen LogP) is 2.78. The van der Waals surface area contributed by atoms with Gasteiger partial charge in [0, 0.05) is 24.2 Å². The molecule has 0 bridgehead atoms. The van der Waals surface area contributed by atoms with Crippen LogP contribution in [-0.2, 0) is 6.54 Å². The van der Waals surface area contributed by atoms with Crippen molar-refractivity contribution < 1.29 is 4.39 Å².